The van der Waals surface area contributed by atoms with Crippen LogP contribution in [0.4, 0.5) is 4.39 Å². The Kier molecular flexibility index (Phi) is 5.07. The van der Waals surface area contributed by atoms with Crippen LogP contribution in [0.5, 0.6) is 0 Å². The van der Waals surface area contributed by atoms with Crippen LogP contribution < -0.4 is 5.32 Å². The standard InChI is InChI=1S/C15H18FN5O3S/c16-12-5-3-11(4-6-12)15-18-20-21(19-15)8-1-2-14(22)17-13-7-9-25(23,24)10-13/h3-6,13H,1-2,7-10H2,(H,17,22)/t13-/m1/s1. The smallest absolute Gasteiger partial charge is 0.220 e. The molecule has 0 spiro atoms. The molecule has 1 aromatic heterocycles. The summed E-state index contributed by atoms with van der Waals surface area (Å²) in [6, 6.07) is 5.50. The molecule has 8 nitrogen and oxygen atoms in total. The van der Waals surface area contributed by atoms with E-state index < -0.39 is 9.84 Å². The molecule has 1 aromatic carbocycles. The molecule has 134 valence electrons. The van der Waals surface area contributed by atoms with Gasteiger partial charge in [-0.05, 0) is 42.3 Å². The number of amides is 1. The van der Waals surface area contributed by atoms with Crippen LogP contribution in [0.15, 0.2) is 24.3 Å². The van der Waals surface area contributed by atoms with Gasteiger partial charge in [0.15, 0.2) is 9.84 Å². The van der Waals surface area contributed by atoms with Crippen molar-refractivity contribution in [2.24, 2.45) is 0 Å². The molecule has 1 atom stereocenters. The fourth-order valence-corrected chi connectivity index (χ4v) is 4.32. The van der Waals surface area contributed by atoms with Crippen molar-refractivity contribution in [3.05, 3.63) is 30.1 Å². The topological polar surface area (TPSA) is 107 Å². The van der Waals surface area contributed by atoms with Crippen LogP contribution in [0.25, 0.3) is 11.4 Å². The number of rotatable bonds is 6. The highest BCUT2D eigenvalue weighted by Crippen LogP contribution is 2.14. The van der Waals surface area contributed by atoms with Crippen molar-refractivity contribution in [1.29, 1.82) is 0 Å². The van der Waals surface area contributed by atoms with Gasteiger partial charge < -0.3 is 5.32 Å². The number of carbonyl (C=O) groups is 1. The largest absolute Gasteiger partial charge is 0.352 e. The van der Waals surface area contributed by atoms with Crippen molar-refractivity contribution >= 4 is 15.7 Å². The molecular formula is C15H18FN5O3S. The summed E-state index contributed by atoms with van der Waals surface area (Å²) < 4.78 is 35.6. The number of nitrogens with one attached hydrogen (secondary N) is 1. The van der Waals surface area contributed by atoms with Crippen molar-refractivity contribution < 1.29 is 17.6 Å². The lowest BCUT2D eigenvalue weighted by Crippen LogP contribution is -2.35. The van der Waals surface area contributed by atoms with Crippen LogP contribution in [0.1, 0.15) is 19.3 Å². The third-order valence-electron chi connectivity index (χ3n) is 3.91. The Hall–Kier alpha value is -2.36. The van der Waals surface area contributed by atoms with Gasteiger partial charge in [0, 0.05) is 18.0 Å². The van der Waals surface area contributed by atoms with Gasteiger partial charge in [0.05, 0.1) is 18.1 Å². The van der Waals surface area contributed by atoms with Gasteiger partial charge in [-0.15, -0.1) is 10.2 Å². The van der Waals surface area contributed by atoms with Gasteiger partial charge in [0.2, 0.25) is 11.7 Å². The maximum Gasteiger partial charge on any atom is 0.220 e. The molecule has 0 bridgehead atoms. The van der Waals surface area contributed by atoms with E-state index in [0.29, 0.717) is 30.8 Å². The summed E-state index contributed by atoms with van der Waals surface area (Å²) in [5.41, 5.74) is 0.660. The van der Waals surface area contributed by atoms with E-state index in [-0.39, 0.29) is 35.7 Å². The molecule has 1 N–H and O–H groups in total. The number of nitrogens with zero attached hydrogens (tertiary/aromatic N) is 4. The maximum absolute atomic E-state index is 12.9. The summed E-state index contributed by atoms with van der Waals surface area (Å²) in [7, 11) is -3.00. The highest BCUT2D eigenvalue weighted by atomic mass is 32.2. The Balaban J connectivity index is 1.45. The molecule has 1 aliphatic rings. The zero-order valence-electron chi connectivity index (χ0n) is 13.4. The number of benzene rings is 1. The molecular weight excluding hydrogens is 349 g/mol. The zero-order chi connectivity index (χ0) is 17.9. The Morgan fingerprint density at radius 1 is 1.32 bits per heavy atom. The van der Waals surface area contributed by atoms with E-state index in [0.717, 1.165) is 0 Å². The third kappa shape index (κ3) is 4.81. The summed E-state index contributed by atoms with van der Waals surface area (Å²) in [5.74, 6) is 0.0241. The lowest BCUT2D eigenvalue weighted by Gasteiger charge is -2.10. The van der Waals surface area contributed by atoms with Gasteiger partial charge in [0.25, 0.3) is 0 Å². The van der Waals surface area contributed by atoms with E-state index in [4.69, 9.17) is 0 Å². The van der Waals surface area contributed by atoms with Crippen molar-refractivity contribution in [3.8, 4) is 11.4 Å². The molecule has 1 amide bonds. The fraction of sp³-hybridized carbons (Fsp3) is 0.467. The minimum atomic E-state index is -3.00. The Morgan fingerprint density at radius 2 is 2.08 bits per heavy atom. The first kappa shape index (κ1) is 17.5. The highest BCUT2D eigenvalue weighted by molar-refractivity contribution is 7.91. The van der Waals surface area contributed by atoms with E-state index in [2.05, 4.69) is 20.7 Å². The van der Waals surface area contributed by atoms with Crippen LogP contribution in [-0.2, 0) is 21.2 Å². The van der Waals surface area contributed by atoms with E-state index in [1.54, 1.807) is 12.1 Å². The number of aromatic nitrogens is 4. The van der Waals surface area contributed by atoms with E-state index in [1.807, 2.05) is 0 Å². The van der Waals surface area contributed by atoms with E-state index in [1.165, 1.54) is 16.9 Å². The average Bonchev–Trinajstić information content (AvgIpc) is 3.15. The molecule has 0 unspecified atom stereocenters. The SMILES string of the molecule is O=C(CCCn1nnc(-c2ccc(F)cc2)n1)N[C@@H]1CCS(=O)(=O)C1. The monoisotopic (exact) mass is 367 g/mol. The lowest BCUT2D eigenvalue weighted by atomic mass is 10.2. The van der Waals surface area contributed by atoms with Crippen molar-refractivity contribution in [2.45, 2.75) is 31.8 Å². The van der Waals surface area contributed by atoms with E-state index in [9.17, 15) is 17.6 Å². The number of carbonyl (C=O) groups excluding carboxylic acids is 1. The molecule has 2 aromatic rings. The zero-order valence-corrected chi connectivity index (χ0v) is 14.2. The molecule has 1 fully saturated rings. The Labute approximate surface area is 144 Å². The average molecular weight is 367 g/mol. The molecule has 25 heavy (non-hydrogen) atoms. The molecule has 0 aliphatic carbocycles. The first-order chi connectivity index (χ1) is 11.9. The molecule has 1 saturated heterocycles. The second-order valence-electron chi connectivity index (χ2n) is 5.99. The number of hydrogen-bond donors (Lipinski definition) is 1. The number of halogens is 1. The maximum atomic E-state index is 12.9. The quantitative estimate of drug-likeness (QED) is 0.800. The number of sulfone groups is 1. The summed E-state index contributed by atoms with van der Waals surface area (Å²) in [6.45, 7) is 0.407. The third-order valence-corrected chi connectivity index (χ3v) is 5.68. The second kappa shape index (κ2) is 7.26. The summed E-state index contributed by atoms with van der Waals surface area (Å²) in [4.78, 5) is 13.2. The summed E-state index contributed by atoms with van der Waals surface area (Å²) in [5, 5.41) is 14.7. The minimum absolute atomic E-state index is 0.0183. The summed E-state index contributed by atoms with van der Waals surface area (Å²) >= 11 is 0. The van der Waals surface area contributed by atoms with Crippen LogP contribution in [0.3, 0.4) is 0 Å². The first-order valence-electron chi connectivity index (χ1n) is 7.95. The fourth-order valence-electron chi connectivity index (χ4n) is 2.64. The molecule has 1 aliphatic heterocycles. The normalized spacial score (nSPS) is 19.0. The van der Waals surface area contributed by atoms with Gasteiger partial charge in [-0.25, -0.2) is 12.8 Å². The van der Waals surface area contributed by atoms with Gasteiger partial charge in [0.1, 0.15) is 5.82 Å². The van der Waals surface area contributed by atoms with Crippen molar-refractivity contribution in [1.82, 2.24) is 25.5 Å². The highest BCUT2D eigenvalue weighted by Gasteiger charge is 2.28. The lowest BCUT2D eigenvalue weighted by molar-refractivity contribution is -0.121. The molecule has 0 radical (unpaired) electrons. The number of aryl methyl sites for hydroxylation is 1. The molecule has 0 saturated carbocycles. The predicted molar refractivity (Wildman–Crippen MR) is 87.6 cm³/mol. The van der Waals surface area contributed by atoms with Crippen molar-refractivity contribution in [3.63, 3.8) is 0 Å². The first-order valence-corrected chi connectivity index (χ1v) is 9.77. The van der Waals surface area contributed by atoms with Crippen LogP contribution in [0, 0.1) is 5.82 Å². The van der Waals surface area contributed by atoms with E-state index >= 15 is 0 Å². The van der Waals surface area contributed by atoms with Crippen LogP contribution in [0.2, 0.25) is 0 Å². The minimum Gasteiger partial charge on any atom is -0.352 e. The predicted octanol–water partition coefficient (Wildman–Crippen LogP) is 0.563. The van der Waals surface area contributed by atoms with Gasteiger partial charge in [-0.3, -0.25) is 4.79 Å². The van der Waals surface area contributed by atoms with Crippen LogP contribution in [-0.4, -0.2) is 52.1 Å². The van der Waals surface area contributed by atoms with Gasteiger partial charge in [-0.2, -0.15) is 4.80 Å². The molecule has 2 heterocycles. The Morgan fingerprint density at radius 3 is 2.76 bits per heavy atom. The Bertz CT molecular complexity index is 850. The number of hydrogen-bond acceptors (Lipinski definition) is 6. The molecule has 10 heteroatoms. The number of tetrazole rings is 1. The van der Waals surface area contributed by atoms with Gasteiger partial charge in [-0.1, -0.05) is 0 Å². The summed E-state index contributed by atoms with van der Waals surface area (Å²) in [6.07, 6.45) is 1.23. The van der Waals surface area contributed by atoms with Crippen molar-refractivity contribution in [2.75, 3.05) is 11.5 Å². The van der Waals surface area contributed by atoms with Crippen LogP contribution >= 0.6 is 0 Å². The molecule has 3 rings (SSSR count). The second-order valence-corrected chi connectivity index (χ2v) is 8.22. The van der Waals surface area contributed by atoms with Gasteiger partial charge >= 0.3 is 0 Å².